The third kappa shape index (κ3) is 4.05. The van der Waals surface area contributed by atoms with Crippen LogP contribution in [0.4, 0.5) is 0 Å². The molecule has 116 valence electrons. The van der Waals surface area contributed by atoms with Crippen molar-refractivity contribution in [3.05, 3.63) is 59.6 Å². The molecule has 0 spiro atoms. The van der Waals surface area contributed by atoms with Crippen molar-refractivity contribution in [2.24, 2.45) is 4.99 Å². The van der Waals surface area contributed by atoms with Gasteiger partial charge in [-0.1, -0.05) is 30.8 Å². The fraction of sp³-hybridized carbons (Fsp3) is 0.294. The van der Waals surface area contributed by atoms with E-state index in [4.69, 9.17) is 5.41 Å². The molecule has 1 heterocycles. The summed E-state index contributed by atoms with van der Waals surface area (Å²) in [5.41, 5.74) is 6.77. The summed E-state index contributed by atoms with van der Waals surface area (Å²) in [7, 11) is 0. The lowest BCUT2D eigenvalue weighted by Crippen LogP contribution is -2.42. The Kier molecular flexibility index (Phi) is 5.49. The van der Waals surface area contributed by atoms with Gasteiger partial charge in [0.2, 0.25) is 0 Å². The Bertz CT molecular complexity index is 603. The van der Waals surface area contributed by atoms with Crippen LogP contribution in [0.2, 0.25) is 0 Å². The second-order valence-corrected chi connectivity index (χ2v) is 5.16. The van der Waals surface area contributed by atoms with Crippen molar-refractivity contribution in [1.82, 2.24) is 15.8 Å². The molecule has 5 nitrogen and oxygen atoms in total. The second-order valence-electron chi connectivity index (χ2n) is 5.16. The van der Waals surface area contributed by atoms with Crippen LogP contribution in [-0.4, -0.2) is 30.5 Å². The van der Waals surface area contributed by atoms with Gasteiger partial charge in [-0.15, -0.1) is 0 Å². The normalized spacial score (nSPS) is 14.9. The summed E-state index contributed by atoms with van der Waals surface area (Å²) in [6.07, 6.45) is 2.63. The lowest BCUT2D eigenvalue weighted by molar-refractivity contribution is 0.198. The Morgan fingerprint density at radius 1 is 1.41 bits per heavy atom. The minimum atomic E-state index is 0.294. The molecule has 0 fully saturated rings. The Morgan fingerprint density at radius 3 is 2.82 bits per heavy atom. The van der Waals surface area contributed by atoms with Crippen molar-refractivity contribution in [1.29, 1.82) is 5.41 Å². The first kappa shape index (κ1) is 16.0. The van der Waals surface area contributed by atoms with E-state index in [0.29, 0.717) is 17.2 Å². The fourth-order valence-corrected chi connectivity index (χ4v) is 2.40. The predicted molar refractivity (Wildman–Crippen MR) is 91.9 cm³/mol. The lowest BCUT2D eigenvalue weighted by Gasteiger charge is -2.30. The molecule has 2 rings (SSSR count). The quantitative estimate of drug-likeness (QED) is 0.676. The number of benzene rings is 1. The highest BCUT2D eigenvalue weighted by Crippen LogP contribution is 2.17. The summed E-state index contributed by atoms with van der Waals surface area (Å²) in [5.74, 6) is 0.583. The maximum Gasteiger partial charge on any atom is 0.127 e. The highest BCUT2D eigenvalue weighted by atomic mass is 15.5. The minimum Gasteiger partial charge on any atom is -0.370 e. The SMILES string of the molecule is C=N/C(=C\C(=N)C(=C)NN1CCc2ccccc2C1)NCC. The summed E-state index contributed by atoms with van der Waals surface area (Å²) < 4.78 is 0. The molecular formula is C17H23N5. The van der Waals surface area contributed by atoms with E-state index in [1.807, 2.05) is 6.92 Å². The molecule has 0 radical (unpaired) electrons. The largest absolute Gasteiger partial charge is 0.370 e. The van der Waals surface area contributed by atoms with Gasteiger partial charge in [0.05, 0.1) is 11.4 Å². The van der Waals surface area contributed by atoms with Gasteiger partial charge in [0.25, 0.3) is 0 Å². The number of hydrogen-bond donors (Lipinski definition) is 3. The molecule has 0 amide bonds. The van der Waals surface area contributed by atoms with E-state index < -0.39 is 0 Å². The van der Waals surface area contributed by atoms with Crippen molar-refractivity contribution < 1.29 is 0 Å². The molecule has 1 aromatic carbocycles. The Hall–Kier alpha value is -2.40. The summed E-state index contributed by atoms with van der Waals surface area (Å²) in [6.45, 7) is 11.9. The zero-order valence-electron chi connectivity index (χ0n) is 13.0. The fourth-order valence-electron chi connectivity index (χ4n) is 2.40. The van der Waals surface area contributed by atoms with Gasteiger partial charge in [0, 0.05) is 25.7 Å². The van der Waals surface area contributed by atoms with E-state index in [-0.39, 0.29) is 0 Å². The van der Waals surface area contributed by atoms with Crippen molar-refractivity contribution >= 4 is 12.4 Å². The van der Waals surface area contributed by atoms with E-state index in [2.05, 4.69) is 58.3 Å². The monoisotopic (exact) mass is 297 g/mol. The summed E-state index contributed by atoms with van der Waals surface area (Å²) in [5, 5.41) is 13.2. The first-order chi connectivity index (χ1) is 10.6. The van der Waals surface area contributed by atoms with Gasteiger partial charge in [-0.25, -0.2) is 10.0 Å². The number of rotatable bonds is 7. The highest BCUT2D eigenvalue weighted by molar-refractivity contribution is 6.05. The van der Waals surface area contributed by atoms with Crippen LogP contribution in [-0.2, 0) is 13.0 Å². The van der Waals surface area contributed by atoms with E-state index in [9.17, 15) is 0 Å². The van der Waals surface area contributed by atoms with Crippen molar-refractivity contribution in [3.8, 4) is 0 Å². The zero-order valence-corrected chi connectivity index (χ0v) is 13.0. The third-order valence-corrected chi connectivity index (χ3v) is 3.56. The number of nitrogens with one attached hydrogen (secondary N) is 3. The number of hydrazine groups is 1. The van der Waals surface area contributed by atoms with Gasteiger partial charge >= 0.3 is 0 Å². The molecular weight excluding hydrogens is 274 g/mol. The summed E-state index contributed by atoms with van der Waals surface area (Å²) in [6, 6.07) is 8.44. The van der Waals surface area contributed by atoms with Crippen LogP contribution < -0.4 is 10.7 Å². The average Bonchev–Trinajstić information content (AvgIpc) is 2.54. The van der Waals surface area contributed by atoms with Crippen LogP contribution in [0, 0.1) is 5.41 Å². The van der Waals surface area contributed by atoms with E-state index >= 15 is 0 Å². The topological polar surface area (TPSA) is 63.5 Å². The Labute approximate surface area is 131 Å². The smallest absolute Gasteiger partial charge is 0.127 e. The number of nitrogens with zero attached hydrogens (tertiary/aromatic N) is 2. The lowest BCUT2D eigenvalue weighted by atomic mass is 10.0. The number of fused-ring (bicyclic) bond motifs is 1. The van der Waals surface area contributed by atoms with Crippen LogP contribution in [0.1, 0.15) is 18.1 Å². The standard InChI is InChI=1S/C17H23N5/c1-4-20-17(19-3)11-16(18)13(2)21-22-10-9-14-7-5-6-8-15(14)12-22/h5-8,11,18,20-21H,2-4,9-10,12H2,1H3/b17-11+,18-16?. The molecule has 0 bridgehead atoms. The van der Waals surface area contributed by atoms with Crippen molar-refractivity contribution in [2.75, 3.05) is 13.1 Å². The molecule has 0 saturated carbocycles. The first-order valence-corrected chi connectivity index (χ1v) is 7.42. The molecule has 0 unspecified atom stereocenters. The van der Waals surface area contributed by atoms with Gasteiger partial charge in [-0.05, 0) is 31.2 Å². The van der Waals surface area contributed by atoms with E-state index in [1.54, 1.807) is 6.08 Å². The minimum absolute atomic E-state index is 0.294. The van der Waals surface area contributed by atoms with Gasteiger partial charge in [-0.3, -0.25) is 5.41 Å². The number of aliphatic imine (C=N–C) groups is 1. The van der Waals surface area contributed by atoms with Gasteiger partial charge in [0.1, 0.15) is 5.82 Å². The molecule has 1 aliphatic rings. The number of allylic oxidation sites excluding steroid dienone is 1. The van der Waals surface area contributed by atoms with Crippen molar-refractivity contribution in [2.45, 2.75) is 19.9 Å². The molecule has 0 aliphatic carbocycles. The van der Waals surface area contributed by atoms with Crippen LogP contribution in [0.3, 0.4) is 0 Å². The number of hydrogen-bond acceptors (Lipinski definition) is 5. The van der Waals surface area contributed by atoms with Gasteiger partial charge < -0.3 is 10.7 Å². The molecule has 0 saturated heterocycles. The predicted octanol–water partition coefficient (Wildman–Crippen LogP) is 2.23. The van der Waals surface area contributed by atoms with Crippen LogP contribution in [0.5, 0.6) is 0 Å². The van der Waals surface area contributed by atoms with Gasteiger partial charge in [-0.2, -0.15) is 0 Å². The van der Waals surface area contributed by atoms with E-state index in [1.165, 1.54) is 11.1 Å². The van der Waals surface area contributed by atoms with Crippen LogP contribution >= 0.6 is 0 Å². The molecule has 1 aromatic rings. The maximum absolute atomic E-state index is 8.08. The maximum atomic E-state index is 8.08. The summed E-state index contributed by atoms with van der Waals surface area (Å²) >= 11 is 0. The molecule has 0 atom stereocenters. The Balaban J connectivity index is 1.95. The first-order valence-electron chi connectivity index (χ1n) is 7.42. The summed E-state index contributed by atoms with van der Waals surface area (Å²) in [4.78, 5) is 3.85. The zero-order chi connectivity index (χ0) is 15.9. The highest BCUT2D eigenvalue weighted by Gasteiger charge is 2.16. The van der Waals surface area contributed by atoms with Crippen molar-refractivity contribution in [3.63, 3.8) is 0 Å². The molecule has 3 N–H and O–H groups in total. The van der Waals surface area contributed by atoms with Gasteiger partial charge in [0.15, 0.2) is 0 Å². The average molecular weight is 297 g/mol. The molecule has 5 heteroatoms. The van der Waals surface area contributed by atoms with Crippen LogP contribution in [0.25, 0.3) is 0 Å². The van der Waals surface area contributed by atoms with E-state index in [0.717, 1.165) is 26.1 Å². The molecule has 0 aromatic heterocycles. The Morgan fingerprint density at radius 2 is 2.14 bits per heavy atom. The molecule has 1 aliphatic heterocycles. The second kappa shape index (κ2) is 7.56. The van der Waals surface area contributed by atoms with Crippen LogP contribution in [0.15, 0.2) is 53.4 Å². The molecule has 22 heavy (non-hydrogen) atoms. The third-order valence-electron chi connectivity index (χ3n) is 3.56.